The average molecular weight is 327 g/mol. The fraction of sp³-hybridized carbons (Fsp3) is 0.571. The second-order valence-electron chi connectivity index (χ2n) is 5.37. The lowest BCUT2D eigenvalue weighted by atomic mass is 9.98. The molecule has 1 fully saturated rings. The molecule has 2 rings (SSSR count). The van der Waals surface area contributed by atoms with Crippen molar-refractivity contribution in [1.82, 2.24) is 5.32 Å². The van der Waals surface area contributed by atoms with Gasteiger partial charge < -0.3 is 5.32 Å². The molecule has 19 heavy (non-hydrogen) atoms. The van der Waals surface area contributed by atoms with E-state index in [0.29, 0.717) is 6.54 Å². The number of hydrogen-bond acceptors (Lipinski definition) is 3. The van der Waals surface area contributed by atoms with Crippen LogP contribution in [0.3, 0.4) is 0 Å². The summed E-state index contributed by atoms with van der Waals surface area (Å²) in [5.74, 6) is 1.55. The number of benzene rings is 1. The van der Waals surface area contributed by atoms with Gasteiger partial charge in [0.25, 0.3) is 5.69 Å². The van der Waals surface area contributed by atoms with Crippen LogP contribution in [0.4, 0.5) is 5.69 Å². The molecule has 1 aliphatic carbocycles. The van der Waals surface area contributed by atoms with E-state index in [1.54, 1.807) is 6.07 Å². The average Bonchev–Trinajstić information content (AvgIpc) is 2.74. The second kappa shape index (κ2) is 6.48. The predicted molar refractivity (Wildman–Crippen MR) is 79.0 cm³/mol. The van der Waals surface area contributed by atoms with Crippen molar-refractivity contribution in [2.24, 2.45) is 11.8 Å². The van der Waals surface area contributed by atoms with Crippen molar-refractivity contribution >= 4 is 21.6 Å². The summed E-state index contributed by atoms with van der Waals surface area (Å²) in [4.78, 5) is 10.4. The standard InChI is InChI=1S/C14H19BrN2O2/c1-10-3-2-4-12(10)9-16-8-11-5-13(15)7-14(6-11)17(18)19/h5-7,10,12,16H,2-4,8-9H2,1H3. The maximum absolute atomic E-state index is 10.8. The lowest BCUT2D eigenvalue weighted by Crippen LogP contribution is -2.23. The van der Waals surface area contributed by atoms with Gasteiger partial charge in [-0.25, -0.2) is 0 Å². The molecule has 0 amide bonds. The van der Waals surface area contributed by atoms with E-state index in [2.05, 4.69) is 28.2 Å². The summed E-state index contributed by atoms with van der Waals surface area (Å²) in [6.45, 7) is 3.99. The molecule has 0 bridgehead atoms. The number of nitrogens with zero attached hydrogens (tertiary/aromatic N) is 1. The van der Waals surface area contributed by atoms with E-state index in [1.165, 1.54) is 25.3 Å². The largest absolute Gasteiger partial charge is 0.312 e. The molecule has 0 spiro atoms. The number of rotatable bonds is 5. The highest BCUT2D eigenvalue weighted by Gasteiger charge is 2.22. The summed E-state index contributed by atoms with van der Waals surface area (Å²) in [5.41, 5.74) is 1.09. The molecule has 0 heterocycles. The van der Waals surface area contributed by atoms with Crippen molar-refractivity contribution < 1.29 is 4.92 Å². The summed E-state index contributed by atoms with van der Waals surface area (Å²) in [5, 5.41) is 14.2. The molecule has 2 unspecified atom stereocenters. The van der Waals surface area contributed by atoms with Crippen molar-refractivity contribution in [1.29, 1.82) is 0 Å². The first-order chi connectivity index (χ1) is 9.06. The lowest BCUT2D eigenvalue weighted by Gasteiger charge is -2.16. The van der Waals surface area contributed by atoms with Gasteiger partial charge in [-0.3, -0.25) is 10.1 Å². The van der Waals surface area contributed by atoms with Gasteiger partial charge in [-0.05, 0) is 36.4 Å². The van der Waals surface area contributed by atoms with E-state index in [-0.39, 0.29) is 10.6 Å². The van der Waals surface area contributed by atoms with Gasteiger partial charge in [0.05, 0.1) is 4.92 Å². The Kier molecular flexibility index (Phi) is 4.93. The van der Waals surface area contributed by atoms with E-state index in [1.807, 2.05) is 6.07 Å². The molecule has 0 saturated heterocycles. The second-order valence-corrected chi connectivity index (χ2v) is 6.29. The Labute approximate surface area is 121 Å². The summed E-state index contributed by atoms with van der Waals surface area (Å²) in [7, 11) is 0. The lowest BCUT2D eigenvalue weighted by molar-refractivity contribution is -0.385. The van der Waals surface area contributed by atoms with Gasteiger partial charge in [-0.2, -0.15) is 0 Å². The number of nitro groups is 1. The molecule has 1 N–H and O–H groups in total. The minimum atomic E-state index is -0.354. The fourth-order valence-electron chi connectivity index (χ4n) is 2.77. The minimum absolute atomic E-state index is 0.139. The highest BCUT2D eigenvalue weighted by molar-refractivity contribution is 9.10. The van der Waals surface area contributed by atoms with Gasteiger partial charge in [-0.15, -0.1) is 0 Å². The maximum Gasteiger partial charge on any atom is 0.270 e. The highest BCUT2D eigenvalue weighted by atomic mass is 79.9. The number of nitrogens with one attached hydrogen (secondary N) is 1. The Hall–Kier alpha value is -0.940. The van der Waals surface area contributed by atoms with Crippen LogP contribution in [0.2, 0.25) is 0 Å². The van der Waals surface area contributed by atoms with Crippen LogP contribution in [-0.2, 0) is 6.54 Å². The Bertz CT molecular complexity index is 465. The van der Waals surface area contributed by atoms with Crippen LogP contribution >= 0.6 is 15.9 Å². The van der Waals surface area contributed by atoms with Crippen molar-refractivity contribution in [3.8, 4) is 0 Å². The number of non-ortho nitro benzene ring substituents is 1. The van der Waals surface area contributed by atoms with E-state index in [9.17, 15) is 10.1 Å². The van der Waals surface area contributed by atoms with Gasteiger partial charge in [0, 0.05) is 23.2 Å². The topological polar surface area (TPSA) is 55.2 Å². The SMILES string of the molecule is CC1CCCC1CNCc1cc(Br)cc([N+](=O)[O-])c1. The van der Waals surface area contributed by atoms with Crippen LogP contribution in [0.25, 0.3) is 0 Å². The maximum atomic E-state index is 10.8. The van der Waals surface area contributed by atoms with Crippen molar-refractivity contribution in [2.75, 3.05) is 6.54 Å². The van der Waals surface area contributed by atoms with Gasteiger partial charge >= 0.3 is 0 Å². The van der Waals surface area contributed by atoms with E-state index < -0.39 is 0 Å². The molecule has 104 valence electrons. The Balaban J connectivity index is 1.90. The summed E-state index contributed by atoms with van der Waals surface area (Å²) >= 11 is 3.32. The number of halogens is 1. The minimum Gasteiger partial charge on any atom is -0.312 e. The molecule has 1 aliphatic rings. The summed E-state index contributed by atoms with van der Waals surface area (Å²) in [6, 6.07) is 5.09. The van der Waals surface area contributed by atoms with E-state index in [0.717, 1.165) is 28.4 Å². The number of nitro benzene ring substituents is 1. The first-order valence-corrected chi connectivity index (χ1v) is 7.50. The molecule has 0 aromatic heterocycles. The Morgan fingerprint density at radius 2 is 2.21 bits per heavy atom. The Morgan fingerprint density at radius 1 is 1.42 bits per heavy atom. The number of hydrogen-bond donors (Lipinski definition) is 1. The molecule has 1 aromatic rings. The van der Waals surface area contributed by atoms with Crippen molar-refractivity contribution in [3.63, 3.8) is 0 Å². The first kappa shape index (κ1) is 14.5. The monoisotopic (exact) mass is 326 g/mol. The van der Waals surface area contributed by atoms with Gasteiger partial charge in [0.2, 0.25) is 0 Å². The van der Waals surface area contributed by atoms with Gasteiger partial charge in [0.1, 0.15) is 0 Å². The van der Waals surface area contributed by atoms with Crippen LogP contribution in [0, 0.1) is 22.0 Å². The zero-order valence-electron chi connectivity index (χ0n) is 11.1. The van der Waals surface area contributed by atoms with Crippen LogP contribution in [0.5, 0.6) is 0 Å². The molecule has 4 nitrogen and oxygen atoms in total. The smallest absolute Gasteiger partial charge is 0.270 e. The molecule has 0 radical (unpaired) electrons. The van der Waals surface area contributed by atoms with Gasteiger partial charge in [-0.1, -0.05) is 35.7 Å². The van der Waals surface area contributed by atoms with E-state index in [4.69, 9.17) is 0 Å². The zero-order chi connectivity index (χ0) is 13.8. The van der Waals surface area contributed by atoms with Crippen LogP contribution < -0.4 is 5.32 Å². The van der Waals surface area contributed by atoms with Crippen LogP contribution in [0.1, 0.15) is 31.7 Å². The van der Waals surface area contributed by atoms with Crippen LogP contribution in [0.15, 0.2) is 22.7 Å². The third kappa shape index (κ3) is 4.01. The third-order valence-electron chi connectivity index (χ3n) is 3.93. The fourth-order valence-corrected chi connectivity index (χ4v) is 3.30. The quantitative estimate of drug-likeness (QED) is 0.659. The molecule has 1 aromatic carbocycles. The third-order valence-corrected chi connectivity index (χ3v) is 4.39. The van der Waals surface area contributed by atoms with Crippen LogP contribution in [-0.4, -0.2) is 11.5 Å². The van der Waals surface area contributed by atoms with E-state index >= 15 is 0 Å². The highest BCUT2D eigenvalue weighted by Crippen LogP contribution is 2.30. The summed E-state index contributed by atoms with van der Waals surface area (Å²) in [6.07, 6.45) is 3.96. The van der Waals surface area contributed by atoms with Crippen molar-refractivity contribution in [3.05, 3.63) is 38.3 Å². The molecular weight excluding hydrogens is 308 g/mol. The molecule has 5 heteroatoms. The molecule has 0 aliphatic heterocycles. The Morgan fingerprint density at radius 3 is 2.84 bits per heavy atom. The predicted octanol–water partition coefficient (Wildman–Crippen LogP) is 3.88. The molecule has 2 atom stereocenters. The first-order valence-electron chi connectivity index (χ1n) is 6.71. The summed E-state index contributed by atoms with van der Waals surface area (Å²) < 4.78 is 0.757. The van der Waals surface area contributed by atoms with Gasteiger partial charge in [0.15, 0.2) is 0 Å². The molecule has 1 saturated carbocycles. The van der Waals surface area contributed by atoms with Crippen molar-refractivity contribution in [2.45, 2.75) is 32.7 Å². The normalized spacial score (nSPS) is 22.6. The molecular formula is C14H19BrN2O2. The zero-order valence-corrected chi connectivity index (χ0v) is 12.6.